The Labute approximate surface area is 159 Å². The number of amides is 2. The van der Waals surface area contributed by atoms with Gasteiger partial charge in [0.15, 0.2) is 0 Å². The summed E-state index contributed by atoms with van der Waals surface area (Å²) >= 11 is 0. The van der Waals surface area contributed by atoms with E-state index >= 15 is 0 Å². The van der Waals surface area contributed by atoms with E-state index in [1.807, 2.05) is 20.8 Å². The number of halogens is 1. The van der Waals surface area contributed by atoms with Crippen LogP contribution in [0.15, 0.2) is 18.2 Å². The van der Waals surface area contributed by atoms with Crippen LogP contribution in [0.4, 0.5) is 15.8 Å². The van der Waals surface area contributed by atoms with Crippen LogP contribution in [0.3, 0.4) is 0 Å². The number of nitrogens with two attached hydrogens (primary N) is 1. The van der Waals surface area contributed by atoms with E-state index in [4.69, 9.17) is 10.5 Å². The van der Waals surface area contributed by atoms with Gasteiger partial charge in [-0.3, -0.25) is 14.5 Å². The van der Waals surface area contributed by atoms with Crippen LogP contribution in [0.5, 0.6) is 0 Å². The predicted molar refractivity (Wildman–Crippen MR) is 103 cm³/mol. The lowest BCUT2D eigenvalue weighted by Gasteiger charge is -2.26. The summed E-state index contributed by atoms with van der Waals surface area (Å²) in [6.45, 7) is 9.08. The molecule has 1 heterocycles. The summed E-state index contributed by atoms with van der Waals surface area (Å²) in [5, 5.41) is 5.24. The van der Waals surface area contributed by atoms with Crippen LogP contribution in [0.2, 0.25) is 0 Å². The maximum absolute atomic E-state index is 14.0. The first kappa shape index (κ1) is 21.3. The van der Waals surface area contributed by atoms with Crippen LogP contribution in [0.1, 0.15) is 27.2 Å². The molecule has 0 spiro atoms. The number of nitrogens with zero attached hydrogens (tertiary/aromatic N) is 1. The molecule has 0 saturated carbocycles. The monoisotopic (exact) mass is 380 g/mol. The lowest BCUT2D eigenvalue weighted by molar-refractivity contribution is -0.119. The Hall–Kier alpha value is -2.03. The van der Waals surface area contributed by atoms with Crippen molar-refractivity contribution in [3.8, 4) is 0 Å². The molecule has 1 aliphatic rings. The van der Waals surface area contributed by atoms with E-state index < -0.39 is 17.3 Å². The highest BCUT2D eigenvalue weighted by atomic mass is 19.1. The van der Waals surface area contributed by atoms with Crippen molar-refractivity contribution in [3.63, 3.8) is 0 Å². The summed E-state index contributed by atoms with van der Waals surface area (Å²) in [6, 6.07) is 3.32. The topological polar surface area (TPSA) is 96.7 Å². The molecule has 0 aliphatic carbocycles. The van der Waals surface area contributed by atoms with E-state index in [1.165, 1.54) is 18.2 Å². The van der Waals surface area contributed by atoms with Gasteiger partial charge in [0.05, 0.1) is 24.9 Å². The van der Waals surface area contributed by atoms with Gasteiger partial charge in [0.25, 0.3) is 0 Å². The first-order valence-corrected chi connectivity index (χ1v) is 9.13. The first-order chi connectivity index (χ1) is 12.7. The highest BCUT2D eigenvalue weighted by Crippen LogP contribution is 2.22. The molecular weight excluding hydrogens is 351 g/mol. The zero-order chi connectivity index (χ0) is 20.0. The number of carbonyl (C=O) groups is 2. The van der Waals surface area contributed by atoms with E-state index in [0.717, 1.165) is 13.1 Å². The van der Waals surface area contributed by atoms with Crippen LogP contribution in [-0.4, -0.2) is 55.6 Å². The molecule has 8 heteroatoms. The molecule has 1 aromatic rings. The van der Waals surface area contributed by atoms with Gasteiger partial charge < -0.3 is 21.1 Å². The van der Waals surface area contributed by atoms with Crippen molar-refractivity contribution in [2.45, 2.75) is 33.2 Å². The number of rotatable bonds is 6. The molecule has 0 radical (unpaired) electrons. The van der Waals surface area contributed by atoms with Gasteiger partial charge in [-0.2, -0.15) is 0 Å². The smallest absolute Gasteiger partial charge is 0.241 e. The van der Waals surface area contributed by atoms with E-state index in [0.29, 0.717) is 25.4 Å². The minimum Gasteiger partial charge on any atom is -0.379 e. The van der Waals surface area contributed by atoms with Crippen molar-refractivity contribution < 1.29 is 18.7 Å². The minimum absolute atomic E-state index is 0.0316. The predicted octanol–water partition coefficient (Wildman–Crippen LogP) is 1.80. The molecule has 1 aromatic carbocycles. The number of nitrogens with one attached hydrogen (secondary N) is 2. The Morgan fingerprint density at radius 1 is 1.26 bits per heavy atom. The number of hydrogen-bond acceptors (Lipinski definition) is 5. The average Bonchev–Trinajstić information content (AvgIpc) is 2.62. The third kappa shape index (κ3) is 6.57. The fourth-order valence-electron chi connectivity index (χ4n) is 2.61. The Balaban J connectivity index is 1.93. The zero-order valence-electron chi connectivity index (χ0n) is 16.2. The van der Waals surface area contributed by atoms with E-state index in [-0.39, 0.29) is 23.9 Å². The van der Waals surface area contributed by atoms with Crippen molar-refractivity contribution >= 4 is 23.2 Å². The summed E-state index contributed by atoms with van der Waals surface area (Å²) in [5.41, 5.74) is 5.94. The van der Waals surface area contributed by atoms with E-state index in [1.54, 1.807) is 0 Å². The largest absolute Gasteiger partial charge is 0.379 e. The van der Waals surface area contributed by atoms with Gasteiger partial charge in [0, 0.05) is 31.7 Å². The Bertz CT molecular complexity index is 669. The van der Waals surface area contributed by atoms with Crippen LogP contribution >= 0.6 is 0 Å². The van der Waals surface area contributed by atoms with E-state index in [9.17, 15) is 14.0 Å². The van der Waals surface area contributed by atoms with Crippen LogP contribution < -0.4 is 16.4 Å². The lowest BCUT2D eigenvalue weighted by Crippen LogP contribution is -2.45. The molecule has 150 valence electrons. The van der Waals surface area contributed by atoms with Crippen molar-refractivity contribution in [3.05, 3.63) is 24.0 Å². The minimum atomic E-state index is -0.714. The number of morpholine rings is 1. The molecule has 0 unspecified atom stereocenters. The van der Waals surface area contributed by atoms with Crippen molar-refractivity contribution in [2.24, 2.45) is 11.1 Å². The molecule has 2 rings (SSSR count). The number of hydrogen-bond donors (Lipinski definition) is 3. The molecule has 0 aromatic heterocycles. The molecule has 1 saturated heterocycles. The quantitative estimate of drug-likeness (QED) is 0.699. The summed E-state index contributed by atoms with van der Waals surface area (Å²) in [4.78, 5) is 26.5. The molecule has 4 N–H and O–H groups in total. The number of ether oxygens (including phenoxy) is 1. The summed E-state index contributed by atoms with van der Waals surface area (Å²) in [5.74, 6) is -1.21. The van der Waals surface area contributed by atoms with Crippen molar-refractivity contribution in [1.82, 2.24) is 4.90 Å². The van der Waals surface area contributed by atoms with Crippen molar-refractivity contribution in [2.75, 3.05) is 43.5 Å². The highest BCUT2D eigenvalue weighted by Gasteiger charge is 2.27. The van der Waals surface area contributed by atoms with Gasteiger partial charge in [0.1, 0.15) is 5.82 Å². The summed E-state index contributed by atoms with van der Waals surface area (Å²) in [7, 11) is 0. The molecule has 0 bridgehead atoms. The molecule has 2 amide bonds. The summed E-state index contributed by atoms with van der Waals surface area (Å²) < 4.78 is 19.3. The molecule has 27 heavy (non-hydrogen) atoms. The van der Waals surface area contributed by atoms with Crippen LogP contribution in [-0.2, 0) is 14.3 Å². The molecular formula is C19H29FN4O3. The van der Waals surface area contributed by atoms with Crippen LogP contribution in [0, 0.1) is 11.2 Å². The third-order valence-corrected chi connectivity index (χ3v) is 4.48. The number of benzene rings is 1. The maximum Gasteiger partial charge on any atom is 0.241 e. The molecule has 1 fully saturated rings. The lowest BCUT2D eigenvalue weighted by atomic mass is 9.87. The third-order valence-electron chi connectivity index (χ3n) is 4.48. The fourth-order valence-corrected chi connectivity index (χ4v) is 2.61. The summed E-state index contributed by atoms with van der Waals surface area (Å²) in [6.07, 6.45) is 0.255. The second-order valence-electron chi connectivity index (χ2n) is 7.78. The Morgan fingerprint density at radius 3 is 2.56 bits per heavy atom. The standard InChI is InChI=1S/C19H29FN4O3/c1-19(2,3)17(21)18(26)22-13-4-5-14(20)15(12-13)23-16(25)6-7-24-8-10-27-11-9-24/h4-5,12,17H,6-11,21H2,1-3H3,(H,22,26)(H,23,25)/t17-/m1/s1. The Morgan fingerprint density at radius 2 is 1.93 bits per heavy atom. The van der Waals surface area contributed by atoms with Gasteiger partial charge in [-0.1, -0.05) is 20.8 Å². The molecule has 1 atom stereocenters. The van der Waals surface area contributed by atoms with Gasteiger partial charge in [-0.05, 0) is 23.6 Å². The fraction of sp³-hybridized carbons (Fsp3) is 0.579. The maximum atomic E-state index is 14.0. The van der Waals surface area contributed by atoms with Gasteiger partial charge >= 0.3 is 0 Å². The SMILES string of the molecule is CC(C)(C)[C@H](N)C(=O)Nc1ccc(F)c(NC(=O)CCN2CCOCC2)c1. The number of anilines is 2. The molecule has 7 nitrogen and oxygen atoms in total. The second kappa shape index (κ2) is 9.25. The normalized spacial score (nSPS) is 16.6. The van der Waals surface area contributed by atoms with E-state index in [2.05, 4.69) is 15.5 Å². The highest BCUT2D eigenvalue weighted by molar-refractivity contribution is 5.96. The van der Waals surface area contributed by atoms with Gasteiger partial charge in [0.2, 0.25) is 11.8 Å². The Kier molecular flexibility index (Phi) is 7.29. The molecule has 1 aliphatic heterocycles. The first-order valence-electron chi connectivity index (χ1n) is 9.13. The van der Waals surface area contributed by atoms with Gasteiger partial charge in [-0.15, -0.1) is 0 Å². The van der Waals surface area contributed by atoms with Crippen LogP contribution in [0.25, 0.3) is 0 Å². The average molecular weight is 380 g/mol. The number of carbonyl (C=O) groups excluding carboxylic acids is 2. The zero-order valence-corrected chi connectivity index (χ0v) is 16.2. The van der Waals surface area contributed by atoms with Crippen molar-refractivity contribution in [1.29, 1.82) is 0 Å². The van der Waals surface area contributed by atoms with Gasteiger partial charge in [-0.25, -0.2) is 4.39 Å². The second-order valence-corrected chi connectivity index (χ2v) is 7.78.